The molecule has 2 heterocycles. The first-order valence-electron chi connectivity index (χ1n) is 4.15. The first kappa shape index (κ1) is 10.3. The van der Waals surface area contributed by atoms with Crippen molar-refractivity contribution in [2.45, 2.75) is 13.5 Å². The molecule has 0 fully saturated rings. The average Bonchev–Trinajstić information content (AvgIpc) is 2.71. The standard InChI is InChI=1S/C8H7IN4O2/c1-5-10-2-6(9)8(14)13(5)3-7-11-4-15-12-7/h2,4H,3H2,1H3. The molecule has 0 aliphatic carbocycles. The lowest BCUT2D eigenvalue weighted by molar-refractivity contribution is 0.407. The summed E-state index contributed by atoms with van der Waals surface area (Å²) in [6.45, 7) is 2.04. The average molecular weight is 318 g/mol. The summed E-state index contributed by atoms with van der Waals surface area (Å²) >= 11 is 1.95. The van der Waals surface area contributed by atoms with E-state index in [2.05, 4.69) is 19.6 Å². The number of aromatic nitrogens is 4. The fourth-order valence-electron chi connectivity index (χ4n) is 1.14. The van der Waals surface area contributed by atoms with E-state index in [4.69, 9.17) is 0 Å². The van der Waals surface area contributed by atoms with E-state index in [-0.39, 0.29) is 12.1 Å². The van der Waals surface area contributed by atoms with Gasteiger partial charge < -0.3 is 4.52 Å². The molecule has 0 bridgehead atoms. The highest BCUT2D eigenvalue weighted by Gasteiger charge is 2.08. The fourth-order valence-corrected chi connectivity index (χ4v) is 1.57. The van der Waals surface area contributed by atoms with Gasteiger partial charge in [0.2, 0.25) is 6.39 Å². The Morgan fingerprint density at radius 3 is 3.00 bits per heavy atom. The third-order valence-corrected chi connectivity index (χ3v) is 2.65. The van der Waals surface area contributed by atoms with Gasteiger partial charge in [0.15, 0.2) is 5.82 Å². The number of hydrogen-bond donors (Lipinski definition) is 0. The van der Waals surface area contributed by atoms with Crippen LogP contribution in [0.4, 0.5) is 0 Å². The molecule has 0 radical (unpaired) electrons. The molecule has 2 aromatic rings. The third kappa shape index (κ3) is 2.06. The van der Waals surface area contributed by atoms with Crippen LogP contribution in [-0.4, -0.2) is 19.7 Å². The minimum atomic E-state index is -0.0899. The van der Waals surface area contributed by atoms with E-state index in [9.17, 15) is 4.79 Å². The molecule has 6 nitrogen and oxygen atoms in total. The summed E-state index contributed by atoms with van der Waals surface area (Å²) in [6, 6.07) is 0. The van der Waals surface area contributed by atoms with Gasteiger partial charge in [0.05, 0.1) is 10.1 Å². The highest BCUT2D eigenvalue weighted by Crippen LogP contribution is 1.99. The predicted octanol–water partition coefficient (Wildman–Crippen LogP) is 0.588. The van der Waals surface area contributed by atoms with Crippen LogP contribution in [0.15, 0.2) is 21.9 Å². The van der Waals surface area contributed by atoms with Gasteiger partial charge in [0.1, 0.15) is 5.82 Å². The van der Waals surface area contributed by atoms with E-state index in [1.807, 2.05) is 22.6 Å². The zero-order valence-electron chi connectivity index (χ0n) is 7.85. The van der Waals surface area contributed by atoms with Crippen molar-refractivity contribution in [2.24, 2.45) is 0 Å². The number of halogens is 1. The molecule has 0 saturated carbocycles. The van der Waals surface area contributed by atoms with Gasteiger partial charge in [0, 0.05) is 6.20 Å². The van der Waals surface area contributed by atoms with Gasteiger partial charge in [-0.25, -0.2) is 4.98 Å². The zero-order chi connectivity index (χ0) is 10.8. The van der Waals surface area contributed by atoms with Crippen molar-refractivity contribution in [2.75, 3.05) is 0 Å². The number of hydrogen-bond acceptors (Lipinski definition) is 5. The molecule has 0 aromatic carbocycles. The summed E-state index contributed by atoms with van der Waals surface area (Å²) in [5, 5.41) is 3.65. The second-order valence-electron chi connectivity index (χ2n) is 2.89. The van der Waals surface area contributed by atoms with Crippen LogP contribution < -0.4 is 5.56 Å². The van der Waals surface area contributed by atoms with Crippen molar-refractivity contribution in [3.05, 3.63) is 38.2 Å². The summed E-state index contributed by atoms with van der Waals surface area (Å²) in [4.78, 5) is 19.7. The van der Waals surface area contributed by atoms with E-state index < -0.39 is 0 Å². The van der Waals surface area contributed by atoms with Crippen molar-refractivity contribution in [3.8, 4) is 0 Å². The highest BCUT2D eigenvalue weighted by atomic mass is 127. The molecule has 2 aromatic heterocycles. The summed E-state index contributed by atoms with van der Waals surface area (Å²) in [7, 11) is 0. The van der Waals surface area contributed by atoms with Crippen molar-refractivity contribution in [1.29, 1.82) is 0 Å². The normalized spacial score (nSPS) is 10.5. The van der Waals surface area contributed by atoms with Crippen LogP contribution in [-0.2, 0) is 6.54 Å². The Morgan fingerprint density at radius 1 is 1.53 bits per heavy atom. The summed E-state index contributed by atoms with van der Waals surface area (Å²) in [5.41, 5.74) is -0.0899. The van der Waals surface area contributed by atoms with Crippen molar-refractivity contribution in [3.63, 3.8) is 0 Å². The molecule has 0 aliphatic heterocycles. The van der Waals surface area contributed by atoms with Crippen LogP contribution in [0.25, 0.3) is 0 Å². The highest BCUT2D eigenvalue weighted by molar-refractivity contribution is 14.1. The molecule has 78 valence electrons. The maximum absolute atomic E-state index is 11.7. The van der Waals surface area contributed by atoms with Gasteiger partial charge in [-0.15, -0.1) is 0 Å². The van der Waals surface area contributed by atoms with E-state index >= 15 is 0 Å². The molecule has 15 heavy (non-hydrogen) atoms. The monoisotopic (exact) mass is 318 g/mol. The molecule has 0 unspecified atom stereocenters. The second-order valence-corrected chi connectivity index (χ2v) is 4.05. The van der Waals surface area contributed by atoms with Gasteiger partial charge in [-0.3, -0.25) is 9.36 Å². The predicted molar refractivity (Wildman–Crippen MR) is 59.4 cm³/mol. The van der Waals surface area contributed by atoms with Crippen LogP contribution in [0.1, 0.15) is 11.6 Å². The lowest BCUT2D eigenvalue weighted by atomic mass is 10.5. The molecule has 0 saturated heterocycles. The molecule has 0 amide bonds. The molecule has 0 spiro atoms. The third-order valence-electron chi connectivity index (χ3n) is 1.91. The van der Waals surface area contributed by atoms with Gasteiger partial charge in [0.25, 0.3) is 5.56 Å². The molecule has 0 atom stereocenters. The van der Waals surface area contributed by atoms with Crippen molar-refractivity contribution < 1.29 is 4.52 Å². The van der Waals surface area contributed by atoms with Crippen molar-refractivity contribution >= 4 is 22.6 Å². The molecular weight excluding hydrogens is 311 g/mol. The number of rotatable bonds is 2. The first-order chi connectivity index (χ1) is 7.18. The van der Waals surface area contributed by atoms with E-state index in [1.165, 1.54) is 11.0 Å². The Balaban J connectivity index is 2.44. The Bertz CT molecular complexity index is 520. The molecule has 0 N–H and O–H groups in total. The summed E-state index contributed by atoms with van der Waals surface area (Å²) in [6.07, 6.45) is 2.78. The number of nitrogens with zero attached hydrogens (tertiary/aromatic N) is 4. The van der Waals surface area contributed by atoms with Crippen LogP contribution >= 0.6 is 22.6 Å². The van der Waals surface area contributed by atoms with Crippen LogP contribution in [0.3, 0.4) is 0 Å². The maximum atomic E-state index is 11.7. The molecule has 0 aliphatic rings. The summed E-state index contributed by atoms with van der Waals surface area (Å²) in [5.74, 6) is 1.09. The Hall–Kier alpha value is -1.25. The number of aryl methyl sites for hydroxylation is 1. The Morgan fingerprint density at radius 2 is 2.33 bits per heavy atom. The van der Waals surface area contributed by atoms with Crippen molar-refractivity contribution in [1.82, 2.24) is 19.7 Å². The minimum Gasteiger partial charge on any atom is -0.343 e. The SMILES string of the molecule is Cc1ncc(I)c(=O)n1Cc1ncon1. The van der Waals surface area contributed by atoms with Crippen LogP contribution in [0, 0.1) is 10.5 Å². The Labute approximate surface area is 98.5 Å². The van der Waals surface area contributed by atoms with Crippen LogP contribution in [0.2, 0.25) is 0 Å². The minimum absolute atomic E-state index is 0.0899. The zero-order valence-corrected chi connectivity index (χ0v) is 10.0. The van der Waals surface area contributed by atoms with Gasteiger partial charge >= 0.3 is 0 Å². The molecular formula is C8H7IN4O2. The van der Waals surface area contributed by atoms with Gasteiger partial charge in [-0.05, 0) is 29.5 Å². The van der Waals surface area contributed by atoms with Gasteiger partial charge in [-0.2, -0.15) is 4.98 Å². The van der Waals surface area contributed by atoms with E-state index in [1.54, 1.807) is 13.1 Å². The fraction of sp³-hybridized carbons (Fsp3) is 0.250. The lowest BCUT2D eigenvalue weighted by Crippen LogP contribution is -2.26. The van der Waals surface area contributed by atoms with Crippen LogP contribution in [0.5, 0.6) is 0 Å². The molecule has 2 rings (SSSR count). The second kappa shape index (κ2) is 4.09. The Kier molecular flexibility index (Phi) is 2.80. The van der Waals surface area contributed by atoms with E-state index in [0.717, 1.165) is 0 Å². The lowest BCUT2D eigenvalue weighted by Gasteiger charge is -2.05. The first-order valence-corrected chi connectivity index (χ1v) is 5.23. The molecule has 7 heteroatoms. The van der Waals surface area contributed by atoms with E-state index in [0.29, 0.717) is 15.2 Å². The topological polar surface area (TPSA) is 73.8 Å². The summed E-state index contributed by atoms with van der Waals surface area (Å²) < 4.78 is 6.68. The largest absolute Gasteiger partial charge is 0.343 e. The van der Waals surface area contributed by atoms with Gasteiger partial charge in [-0.1, -0.05) is 5.16 Å². The smallest absolute Gasteiger partial charge is 0.267 e. The quantitative estimate of drug-likeness (QED) is 0.758. The maximum Gasteiger partial charge on any atom is 0.267 e.